The van der Waals surface area contributed by atoms with Crippen molar-refractivity contribution in [2.75, 3.05) is 0 Å². The molecule has 0 spiro atoms. The van der Waals surface area contributed by atoms with Crippen molar-refractivity contribution in [2.24, 2.45) is 7.05 Å². The van der Waals surface area contributed by atoms with Gasteiger partial charge < -0.3 is 0 Å². The maximum atomic E-state index is 6.25. The number of rotatable bonds is 1. The van der Waals surface area contributed by atoms with Gasteiger partial charge in [-0.1, -0.05) is 32.4 Å². The highest BCUT2D eigenvalue weighted by atomic mass is 127. The lowest BCUT2D eigenvalue weighted by molar-refractivity contribution is 0.563. The summed E-state index contributed by atoms with van der Waals surface area (Å²) in [6.45, 7) is 8.35. The molecule has 0 aliphatic rings. The molecule has 0 aliphatic heterocycles. The number of aromatic nitrogens is 4. The third-order valence-corrected chi connectivity index (χ3v) is 4.61. The van der Waals surface area contributed by atoms with Gasteiger partial charge in [0, 0.05) is 18.2 Å². The van der Waals surface area contributed by atoms with Crippen LogP contribution in [0.2, 0.25) is 5.15 Å². The molecule has 0 saturated carbocycles. The van der Waals surface area contributed by atoms with E-state index in [1.54, 1.807) is 10.9 Å². The second kappa shape index (κ2) is 5.01. The van der Waals surface area contributed by atoms with E-state index in [1.807, 2.05) is 14.0 Å². The fraction of sp³-hybridized carbons (Fsp3) is 0.462. The zero-order valence-corrected chi connectivity index (χ0v) is 14.5. The number of nitrogens with zero attached hydrogens (tertiary/aromatic N) is 4. The zero-order valence-electron chi connectivity index (χ0n) is 11.6. The summed E-state index contributed by atoms with van der Waals surface area (Å²) < 4.78 is 2.72. The Morgan fingerprint density at radius 1 is 1.26 bits per heavy atom. The summed E-state index contributed by atoms with van der Waals surface area (Å²) in [5.74, 6) is 0.640. The molecule has 4 nitrogen and oxygen atoms in total. The van der Waals surface area contributed by atoms with Crippen LogP contribution in [0.1, 0.15) is 32.2 Å². The summed E-state index contributed by atoms with van der Waals surface area (Å²) >= 11 is 8.45. The van der Waals surface area contributed by atoms with Crippen molar-refractivity contribution in [3.63, 3.8) is 0 Å². The Labute approximate surface area is 131 Å². The molecular weight excluding hydrogens is 375 g/mol. The van der Waals surface area contributed by atoms with Gasteiger partial charge in [-0.15, -0.1) is 0 Å². The van der Waals surface area contributed by atoms with Gasteiger partial charge in [0.15, 0.2) is 5.82 Å². The predicted octanol–water partition coefficient (Wildman–Crippen LogP) is 3.74. The lowest BCUT2D eigenvalue weighted by atomic mass is 9.92. The van der Waals surface area contributed by atoms with Crippen molar-refractivity contribution in [1.29, 1.82) is 0 Å². The molecule has 0 amide bonds. The summed E-state index contributed by atoms with van der Waals surface area (Å²) in [5, 5.41) is 4.73. The minimum atomic E-state index is -0.0754. The molecule has 2 heterocycles. The smallest absolute Gasteiger partial charge is 0.164 e. The van der Waals surface area contributed by atoms with E-state index in [-0.39, 0.29) is 5.41 Å². The van der Waals surface area contributed by atoms with Crippen LogP contribution in [-0.4, -0.2) is 19.7 Å². The van der Waals surface area contributed by atoms with Crippen molar-refractivity contribution < 1.29 is 0 Å². The van der Waals surface area contributed by atoms with Crippen molar-refractivity contribution >= 4 is 34.2 Å². The highest BCUT2D eigenvalue weighted by Gasteiger charge is 2.23. The Hall–Kier alpha value is -0.690. The van der Waals surface area contributed by atoms with Crippen LogP contribution in [0.15, 0.2) is 6.20 Å². The molecule has 102 valence electrons. The molecule has 0 fully saturated rings. The largest absolute Gasteiger partial charge is 0.272 e. The van der Waals surface area contributed by atoms with E-state index < -0.39 is 0 Å². The maximum Gasteiger partial charge on any atom is 0.164 e. The third-order valence-electron chi connectivity index (χ3n) is 3.00. The van der Waals surface area contributed by atoms with Gasteiger partial charge in [0.25, 0.3) is 0 Å². The molecule has 2 aromatic rings. The predicted molar refractivity (Wildman–Crippen MR) is 85.4 cm³/mol. The average Bonchev–Trinajstić information content (AvgIpc) is 2.62. The standard InChI is InChI=1S/C13H16ClIN4/c1-7-8(6-16-19(7)5)12-17-10(13(2,3)4)9(15)11(14)18-12/h6H,1-5H3. The summed E-state index contributed by atoms with van der Waals surface area (Å²) in [4.78, 5) is 9.08. The van der Waals surface area contributed by atoms with Crippen LogP contribution in [0, 0.1) is 10.5 Å². The molecule has 2 aromatic heterocycles. The molecule has 0 N–H and O–H groups in total. The van der Waals surface area contributed by atoms with Gasteiger partial charge in [-0.2, -0.15) is 5.10 Å². The van der Waals surface area contributed by atoms with Crippen molar-refractivity contribution in [2.45, 2.75) is 33.1 Å². The van der Waals surface area contributed by atoms with Gasteiger partial charge in [0.1, 0.15) is 5.15 Å². The van der Waals surface area contributed by atoms with Crippen LogP contribution in [0.5, 0.6) is 0 Å². The Morgan fingerprint density at radius 3 is 2.37 bits per heavy atom. The second-order valence-corrected chi connectivity index (χ2v) is 6.95. The minimum Gasteiger partial charge on any atom is -0.272 e. The number of halogens is 2. The van der Waals surface area contributed by atoms with Crippen LogP contribution in [-0.2, 0) is 12.5 Å². The Morgan fingerprint density at radius 2 is 1.89 bits per heavy atom. The first-order chi connectivity index (χ1) is 8.71. The monoisotopic (exact) mass is 390 g/mol. The van der Waals surface area contributed by atoms with Gasteiger partial charge in [-0.25, -0.2) is 9.97 Å². The molecular formula is C13H16ClIN4. The minimum absolute atomic E-state index is 0.0754. The molecule has 0 atom stereocenters. The van der Waals surface area contributed by atoms with Gasteiger partial charge in [-0.3, -0.25) is 4.68 Å². The summed E-state index contributed by atoms with van der Waals surface area (Å²) in [6, 6.07) is 0. The molecule has 0 unspecified atom stereocenters. The lowest BCUT2D eigenvalue weighted by Crippen LogP contribution is -2.17. The van der Waals surface area contributed by atoms with Crippen LogP contribution in [0.3, 0.4) is 0 Å². The van der Waals surface area contributed by atoms with Crippen LogP contribution in [0.25, 0.3) is 11.4 Å². The zero-order chi connectivity index (χ0) is 14.4. The van der Waals surface area contributed by atoms with Crippen LogP contribution >= 0.6 is 34.2 Å². The average molecular weight is 391 g/mol. The molecule has 0 radical (unpaired) electrons. The quantitative estimate of drug-likeness (QED) is 0.550. The summed E-state index contributed by atoms with van der Waals surface area (Å²) in [6.07, 6.45) is 1.78. The van der Waals surface area contributed by atoms with E-state index in [2.05, 4.69) is 53.4 Å². The molecule has 2 rings (SSSR count). The van der Waals surface area contributed by atoms with Gasteiger partial charge >= 0.3 is 0 Å². The molecule has 0 aliphatic carbocycles. The molecule has 19 heavy (non-hydrogen) atoms. The van der Waals surface area contributed by atoms with Crippen molar-refractivity contribution in [1.82, 2.24) is 19.7 Å². The first-order valence-corrected chi connectivity index (χ1v) is 7.40. The molecule has 0 saturated heterocycles. The maximum absolute atomic E-state index is 6.25. The molecule has 0 aromatic carbocycles. The van der Waals surface area contributed by atoms with Crippen LogP contribution < -0.4 is 0 Å². The third kappa shape index (κ3) is 2.76. The highest BCUT2D eigenvalue weighted by Crippen LogP contribution is 2.31. The van der Waals surface area contributed by atoms with Gasteiger partial charge in [-0.05, 0) is 29.5 Å². The van der Waals surface area contributed by atoms with Crippen LogP contribution in [0.4, 0.5) is 0 Å². The fourth-order valence-electron chi connectivity index (χ4n) is 1.76. The van der Waals surface area contributed by atoms with Crippen molar-refractivity contribution in [3.05, 3.63) is 26.3 Å². The summed E-state index contributed by atoms with van der Waals surface area (Å²) in [5.41, 5.74) is 2.84. The topological polar surface area (TPSA) is 43.6 Å². The lowest BCUT2D eigenvalue weighted by Gasteiger charge is -2.20. The van der Waals surface area contributed by atoms with E-state index in [9.17, 15) is 0 Å². The Kier molecular flexibility index (Phi) is 3.88. The van der Waals surface area contributed by atoms with Crippen molar-refractivity contribution in [3.8, 4) is 11.4 Å². The van der Waals surface area contributed by atoms with E-state index in [0.717, 1.165) is 20.5 Å². The molecule has 6 heteroatoms. The second-order valence-electron chi connectivity index (χ2n) is 5.52. The first kappa shape index (κ1) is 14.7. The number of hydrogen-bond donors (Lipinski definition) is 0. The van der Waals surface area contributed by atoms with E-state index in [1.165, 1.54) is 0 Å². The van der Waals surface area contributed by atoms with Gasteiger partial charge in [0.05, 0.1) is 21.0 Å². The number of aryl methyl sites for hydroxylation is 1. The van der Waals surface area contributed by atoms with E-state index in [0.29, 0.717) is 11.0 Å². The summed E-state index contributed by atoms with van der Waals surface area (Å²) in [7, 11) is 1.90. The molecule has 0 bridgehead atoms. The van der Waals surface area contributed by atoms with E-state index in [4.69, 9.17) is 16.6 Å². The first-order valence-electron chi connectivity index (χ1n) is 5.94. The normalized spacial score (nSPS) is 11.9. The highest BCUT2D eigenvalue weighted by molar-refractivity contribution is 14.1. The van der Waals surface area contributed by atoms with Gasteiger partial charge in [0.2, 0.25) is 0 Å². The number of hydrogen-bond acceptors (Lipinski definition) is 3. The van der Waals surface area contributed by atoms with E-state index >= 15 is 0 Å². The Balaban J connectivity index is 2.67. The Bertz CT molecular complexity index is 628. The SMILES string of the molecule is Cc1c(-c2nc(Cl)c(I)c(C(C)(C)C)n2)cnn1C. The fourth-order valence-corrected chi connectivity index (χ4v) is 2.98.